The Kier molecular flexibility index (Phi) is 5.58. The maximum absolute atomic E-state index is 14.0. The third-order valence-electron chi connectivity index (χ3n) is 3.81. The largest absolute Gasteiger partial charge is 0.504 e. The fourth-order valence-electron chi connectivity index (χ4n) is 2.50. The van der Waals surface area contributed by atoms with Crippen molar-refractivity contribution in [3.63, 3.8) is 0 Å². The second-order valence-electron chi connectivity index (χ2n) is 5.68. The molecule has 0 amide bonds. The van der Waals surface area contributed by atoms with Gasteiger partial charge in [-0.1, -0.05) is 18.2 Å². The number of ketones is 1. The van der Waals surface area contributed by atoms with Crippen LogP contribution < -0.4 is 0 Å². The van der Waals surface area contributed by atoms with E-state index in [1.807, 2.05) is 0 Å². The maximum atomic E-state index is 14.0. The van der Waals surface area contributed by atoms with Crippen LogP contribution in [-0.2, 0) is 11.3 Å². The Bertz CT molecular complexity index is 1030. The lowest BCUT2D eigenvalue weighted by atomic mass is 10.2. The summed E-state index contributed by atoms with van der Waals surface area (Å²) in [6, 6.07) is 7.43. The number of carbonyl (C=O) groups excluding carboxylic acids is 2. The smallest absolute Gasteiger partial charge is 0.354 e. The lowest BCUT2D eigenvalue weighted by Gasteiger charge is -2.09. The summed E-state index contributed by atoms with van der Waals surface area (Å²) >= 11 is 0. The van der Waals surface area contributed by atoms with Gasteiger partial charge >= 0.3 is 5.97 Å². The molecule has 0 saturated carbocycles. The molecule has 0 unspecified atom stereocenters. The molecule has 3 rings (SSSR count). The number of carbonyl (C=O) groups is 2. The number of rotatable bonds is 7. The van der Waals surface area contributed by atoms with Gasteiger partial charge in [0.05, 0.1) is 13.2 Å². The highest BCUT2D eigenvalue weighted by Crippen LogP contribution is 2.17. The third kappa shape index (κ3) is 4.11. The SMILES string of the molecule is CCOC(=O)c1cc(C(=O)C=C(O)c2nn[nH]n2)cn1Cc1ccccc1F. The van der Waals surface area contributed by atoms with Crippen molar-refractivity contribution in [2.24, 2.45) is 0 Å². The van der Waals surface area contributed by atoms with Crippen molar-refractivity contribution in [2.75, 3.05) is 6.61 Å². The second-order valence-corrected chi connectivity index (χ2v) is 5.68. The first-order valence-corrected chi connectivity index (χ1v) is 8.29. The Labute approximate surface area is 158 Å². The van der Waals surface area contributed by atoms with E-state index in [1.165, 1.54) is 22.9 Å². The number of aromatic amines is 1. The summed E-state index contributed by atoms with van der Waals surface area (Å²) < 4.78 is 20.4. The van der Waals surface area contributed by atoms with Crippen molar-refractivity contribution < 1.29 is 23.8 Å². The van der Waals surface area contributed by atoms with Crippen LogP contribution in [0.4, 0.5) is 4.39 Å². The highest BCUT2D eigenvalue weighted by Gasteiger charge is 2.19. The molecule has 0 aliphatic rings. The molecule has 0 aliphatic carbocycles. The topological polar surface area (TPSA) is 123 Å². The molecule has 0 spiro atoms. The molecule has 144 valence electrons. The molecule has 2 heterocycles. The Morgan fingerprint density at radius 3 is 2.82 bits per heavy atom. The van der Waals surface area contributed by atoms with E-state index in [-0.39, 0.29) is 30.2 Å². The van der Waals surface area contributed by atoms with Crippen LogP contribution in [-0.4, -0.2) is 48.7 Å². The average molecular weight is 385 g/mol. The molecule has 3 aromatic rings. The number of hydrogen-bond acceptors (Lipinski definition) is 7. The van der Waals surface area contributed by atoms with Crippen LogP contribution in [0.15, 0.2) is 42.6 Å². The molecule has 0 bridgehead atoms. The van der Waals surface area contributed by atoms with Gasteiger partial charge in [-0.25, -0.2) is 9.18 Å². The van der Waals surface area contributed by atoms with Crippen LogP contribution in [0.2, 0.25) is 0 Å². The molecule has 10 heteroatoms. The van der Waals surface area contributed by atoms with Gasteiger partial charge in [-0.05, 0) is 24.3 Å². The first kappa shape index (κ1) is 19.0. The molecule has 0 aliphatic heterocycles. The summed E-state index contributed by atoms with van der Waals surface area (Å²) in [6.07, 6.45) is 2.30. The minimum atomic E-state index is -0.649. The quantitative estimate of drug-likeness (QED) is 0.276. The number of aromatic nitrogens is 5. The number of H-pyrrole nitrogens is 1. The van der Waals surface area contributed by atoms with Crippen LogP contribution in [0.25, 0.3) is 5.76 Å². The molecule has 0 saturated heterocycles. The fraction of sp³-hybridized carbons (Fsp3) is 0.167. The van der Waals surface area contributed by atoms with Crippen molar-refractivity contribution in [1.82, 2.24) is 25.2 Å². The minimum Gasteiger partial charge on any atom is -0.504 e. The van der Waals surface area contributed by atoms with Crippen molar-refractivity contribution in [3.05, 3.63) is 71.1 Å². The number of nitrogens with one attached hydrogen (secondary N) is 1. The number of halogens is 1. The number of benzene rings is 1. The van der Waals surface area contributed by atoms with E-state index in [1.54, 1.807) is 25.1 Å². The van der Waals surface area contributed by atoms with Crippen molar-refractivity contribution >= 4 is 17.5 Å². The van der Waals surface area contributed by atoms with E-state index in [9.17, 15) is 19.1 Å². The number of nitrogens with zero attached hydrogens (tertiary/aromatic N) is 4. The second kappa shape index (κ2) is 8.25. The zero-order valence-electron chi connectivity index (χ0n) is 14.8. The van der Waals surface area contributed by atoms with Gasteiger partial charge in [0.25, 0.3) is 0 Å². The summed E-state index contributed by atoms with van der Waals surface area (Å²) in [5.74, 6) is -2.32. The molecular formula is C18H16FN5O4. The van der Waals surface area contributed by atoms with Crippen LogP contribution >= 0.6 is 0 Å². The van der Waals surface area contributed by atoms with Crippen molar-refractivity contribution in [1.29, 1.82) is 0 Å². The molecule has 2 aromatic heterocycles. The Morgan fingerprint density at radius 2 is 2.14 bits per heavy atom. The Hall–Kier alpha value is -3.82. The highest BCUT2D eigenvalue weighted by molar-refractivity contribution is 6.08. The molecule has 2 N–H and O–H groups in total. The van der Waals surface area contributed by atoms with Crippen LogP contribution in [0.1, 0.15) is 39.2 Å². The predicted molar refractivity (Wildman–Crippen MR) is 95.0 cm³/mol. The monoisotopic (exact) mass is 385 g/mol. The fourth-order valence-corrected chi connectivity index (χ4v) is 2.50. The lowest BCUT2D eigenvalue weighted by molar-refractivity contribution is 0.0514. The third-order valence-corrected chi connectivity index (χ3v) is 3.81. The zero-order valence-corrected chi connectivity index (χ0v) is 14.8. The molecule has 1 aromatic carbocycles. The van der Waals surface area contributed by atoms with Gasteiger partial charge in [-0.3, -0.25) is 4.79 Å². The van der Waals surface area contributed by atoms with E-state index >= 15 is 0 Å². The number of aliphatic hydroxyl groups is 1. The van der Waals surface area contributed by atoms with Crippen molar-refractivity contribution in [2.45, 2.75) is 13.5 Å². The molecule has 0 atom stereocenters. The summed E-state index contributed by atoms with van der Waals surface area (Å²) in [5.41, 5.74) is 0.531. The van der Waals surface area contributed by atoms with Gasteiger partial charge in [0.15, 0.2) is 11.5 Å². The zero-order chi connectivity index (χ0) is 20.1. The first-order chi connectivity index (χ1) is 13.5. The van der Waals surface area contributed by atoms with Gasteiger partial charge in [-0.2, -0.15) is 5.21 Å². The van der Waals surface area contributed by atoms with Crippen LogP contribution in [0, 0.1) is 5.82 Å². The van der Waals surface area contributed by atoms with E-state index < -0.39 is 23.3 Å². The number of allylic oxidation sites excluding steroid dienone is 1. The summed E-state index contributed by atoms with van der Waals surface area (Å²) in [6.45, 7) is 1.82. The molecule has 9 nitrogen and oxygen atoms in total. The number of aliphatic hydroxyl groups excluding tert-OH is 1. The number of ether oxygens (including phenoxy) is 1. The van der Waals surface area contributed by atoms with Gasteiger partial charge in [0.2, 0.25) is 5.82 Å². The normalized spacial score (nSPS) is 11.4. The molecule has 0 fully saturated rings. The van der Waals surface area contributed by atoms with Crippen LogP contribution in [0.3, 0.4) is 0 Å². The first-order valence-electron chi connectivity index (χ1n) is 8.29. The van der Waals surface area contributed by atoms with Crippen LogP contribution in [0.5, 0.6) is 0 Å². The van der Waals surface area contributed by atoms with E-state index in [0.717, 1.165) is 6.08 Å². The summed E-state index contributed by atoms with van der Waals surface area (Å²) in [5, 5.41) is 22.5. The number of hydrogen-bond donors (Lipinski definition) is 2. The highest BCUT2D eigenvalue weighted by atomic mass is 19.1. The standard InChI is InChI=1S/C18H16FN5O4/c1-2-28-18(27)14-7-12(15(25)8-16(26)17-20-22-23-21-17)10-24(14)9-11-5-3-4-6-13(11)19/h3-8,10,26H,2,9H2,1H3,(H,20,21,22,23). The molecule has 0 radical (unpaired) electrons. The molecule has 28 heavy (non-hydrogen) atoms. The molecular weight excluding hydrogens is 369 g/mol. The van der Waals surface area contributed by atoms with E-state index in [0.29, 0.717) is 5.56 Å². The number of tetrazole rings is 1. The minimum absolute atomic E-state index is 0.0225. The maximum Gasteiger partial charge on any atom is 0.354 e. The van der Waals surface area contributed by atoms with Gasteiger partial charge < -0.3 is 14.4 Å². The Morgan fingerprint density at radius 1 is 1.36 bits per heavy atom. The van der Waals surface area contributed by atoms with Gasteiger partial charge in [0, 0.05) is 23.4 Å². The van der Waals surface area contributed by atoms with Gasteiger partial charge in [-0.15, -0.1) is 10.2 Å². The summed E-state index contributed by atoms with van der Waals surface area (Å²) in [4.78, 5) is 24.7. The summed E-state index contributed by atoms with van der Waals surface area (Å²) in [7, 11) is 0. The van der Waals surface area contributed by atoms with E-state index in [2.05, 4.69) is 20.6 Å². The van der Waals surface area contributed by atoms with E-state index in [4.69, 9.17) is 4.74 Å². The lowest BCUT2D eigenvalue weighted by Crippen LogP contribution is -2.12. The number of esters is 1. The van der Waals surface area contributed by atoms with Crippen molar-refractivity contribution in [3.8, 4) is 0 Å². The van der Waals surface area contributed by atoms with Gasteiger partial charge in [0.1, 0.15) is 11.5 Å². The average Bonchev–Trinajstić information content (AvgIpc) is 3.34. The Balaban J connectivity index is 1.94. The predicted octanol–water partition coefficient (Wildman–Crippen LogP) is 2.15.